The second-order valence-electron chi connectivity index (χ2n) is 8.48. The number of hydrogen-bond acceptors (Lipinski definition) is 4. The van der Waals surface area contributed by atoms with Crippen LogP contribution in [-0.2, 0) is 6.18 Å². The number of halogens is 3. The van der Waals surface area contributed by atoms with Gasteiger partial charge in [0, 0.05) is 50.1 Å². The topological polar surface area (TPSA) is 50.5 Å². The van der Waals surface area contributed by atoms with Gasteiger partial charge < -0.3 is 14.9 Å². The molecule has 0 unspecified atom stereocenters. The lowest BCUT2D eigenvalue weighted by atomic mass is 9.96. The molecule has 2 fully saturated rings. The summed E-state index contributed by atoms with van der Waals surface area (Å²) in [4.78, 5) is 4.31. The van der Waals surface area contributed by atoms with Crippen molar-refractivity contribution in [1.82, 2.24) is 0 Å². The van der Waals surface area contributed by atoms with Crippen molar-refractivity contribution in [2.45, 2.75) is 31.4 Å². The van der Waals surface area contributed by atoms with Gasteiger partial charge in [-0.15, -0.1) is 0 Å². The molecule has 2 aliphatic rings. The molecule has 4 rings (SSSR count). The molecule has 0 spiro atoms. The van der Waals surface area contributed by atoms with Crippen LogP contribution >= 0.6 is 0 Å². The van der Waals surface area contributed by atoms with E-state index in [2.05, 4.69) is 29.2 Å². The minimum Gasteiger partial charge on any atom is -0.396 e. The van der Waals surface area contributed by atoms with Crippen LogP contribution in [0.15, 0.2) is 42.5 Å². The Morgan fingerprint density at radius 1 is 0.935 bits per heavy atom. The van der Waals surface area contributed by atoms with Crippen LogP contribution in [0.3, 0.4) is 0 Å². The molecule has 0 radical (unpaired) electrons. The largest absolute Gasteiger partial charge is 0.417 e. The highest BCUT2D eigenvalue weighted by Crippen LogP contribution is 2.37. The Labute approximate surface area is 180 Å². The highest BCUT2D eigenvalue weighted by molar-refractivity contribution is 5.56. The molecule has 0 amide bonds. The van der Waals surface area contributed by atoms with Gasteiger partial charge >= 0.3 is 6.18 Å². The SMILES string of the molecule is N#Cc1ccc(N2CC[C@@H](c3ccc(N4CCC(CO)CC4)cc3)C2)cc1C(F)(F)F. The molecular formula is C24H26F3N3O. The van der Waals surface area contributed by atoms with Gasteiger partial charge in [0.2, 0.25) is 0 Å². The first-order valence-corrected chi connectivity index (χ1v) is 10.7. The van der Waals surface area contributed by atoms with Crippen molar-refractivity contribution < 1.29 is 18.3 Å². The van der Waals surface area contributed by atoms with E-state index in [0.717, 1.165) is 38.4 Å². The molecule has 0 bridgehead atoms. The fraction of sp³-hybridized carbons (Fsp3) is 0.458. The third kappa shape index (κ3) is 4.64. The standard InChI is InChI=1S/C24H26F3N3O/c25-24(26,27)23-13-22(6-3-19(23)14-28)30-12-9-20(15-30)18-1-4-21(5-2-18)29-10-7-17(16-31)8-11-29/h1-6,13,17,20,31H,7-12,15-16H2/t20-/m1/s1. The summed E-state index contributed by atoms with van der Waals surface area (Å²) in [5.41, 5.74) is 1.67. The molecule has 31 heavy (non-hydrogen) atoms. The van der Waals surface area contributed by atoms with Gasteiger partial charge in [0.15, 0.2) is 0 Å². The van der Waals surface area contributed by atoms with Crippen LogP contribution in [0.25, 0.3) is 0 Å². The van der Waals surface area contributed by atoms with Gasteiger partial charge in [-0.25, -0.2) is 0 Å². The Bertz CT molecular complexity index is 944. The minimum atomic E-state index is -4.54. The summed E-state index contributed by atoms with van der Waals surface area (Å²) < 4.78 is 39.9. The zero-order chi connectivity index (χ0) is 22.0. The number of nitriles is 1. The van der Waals surface area contributed by atoms with Gasteiger partial charge in [-0.2, -0.15) is 18.4 Å². The number of aliphatic hydroxyl groups is 1. The predicted octanol–water partition coefficient (Wildman–Crippen LogP) is 4.78. The average Bonchev–Trinajstić information content (AvgIpc) is 3.28. The van der Waals surface area contributed by atoms with E-state index >= 15 is 0 Å². The van der Waals surface area contributed by atoms with Crippen LogP contribution in [0.4, 0.5) is 24.5 Å². The molecular weight excluding hydrogens is 403 g/mol. The Hall–Kier alpha value is -2.72. The zero-order valence-corrected chi connectivity index (χ0v) is 17.3. The van der Waals surface area contributed by atoms with E-state index < -0.39 is 11.7 Å². The molecule has 2 aromatic carbocycles. The van der Waals surface area contributed by atoms with Crippen molar-refractivity contribution in [3.8, 4) is 6.07 Å². The number of anilines is 2. The van der Waals surface area contributed by atoms with Crippen molar-refractivity contribution >= 4 is 11.4 Å². The van der Waals surface area contributed by atoms with Gasteiger partial charge in [0.25, 0.3) is 0 Å². The first-order valence-electron chi connectivity index (χ1n) is 10.7. The molecule has 7 heteroatoms. The predicted molar refractivity (Wildman–Crippen MR) is 114 cm³/mol. The van der Waals surface area contributed by atoms with Gasteiger partial charge in [0.05, 0.1) is 17.2 Å². The van der Waals surface area contributed by atoms with E-state index in [1.54, 1.807) is 12.1 Å². The minimum absolute atomic E-state index is 0.259. The molecule has 0 aliphatic carbocycles. The monoisotopic (exact) mass is 429 g/mol. The van der Waals surface area contributed by atoms with Crippen molar-refractivity contribution in [2.75, 3.05) is 42.6 Å². The summed E-state index contributed by atoms with van der Waals surface area (Å²) in [6.07, 6.45) is -1.66. The van der Waals surface area contributed by atoms with E-state index in [1.165, 1.54) is 17.3 Å². The van der Waals surface area contributed by atoms with E-state index in [0.29, 0.717) is 24.7 Å². The van der Waals surface area contributed by atoms with Crippen LogP contribution in [0.5, 0.6) is 0 Å². The summed E-state index contributed by atoms with van der Waals surface area (Å²) in [5, 5.41) is 18.3. The van der Waals surface area contributed by atoms with Crippen LogP contribution in [0.1, 0.15) is 41.9 Å². The van der Waals surface area contributed by atoms with E-state index in [4.69, 9.17) is 5.26 Å². The number of piperidine rings is 1. The quantitative estimate of drug-likeness (QED) is 0.760. The van der Waals surface area contributed by atoms with Crippen LogP contribution in [0.2, 0.25) is 0 Å². The van der Waals surface area contributed by atoms with Gasteiger partial charge in [0.1, 0.15) is 0 Å². The van der Waals surface area contributed by atoms with Gasteiger partial charge in [-0.3, -0.25) is 0 Å². The maximum absolute atomic E-state index is 13.3. The maximum atomic E-state index is 13.3. The summed E-state index contributed by atoms with van der Waals surface area (Å²) in [5.74, 6) is 0.666. The van der Waals surface area contributed by atoms with E-state index in [-0.39, 0.29) is 18.1 Å². The second kappa shape index (κ2) is 8.80. The number of aliphatic hydroxyl groups excluding tert-OH is 1. The molecule has 2 aromatic rings. The fourth-order valence-electron chi connectivity index (χ4n) is 4.66. The number of nitrogens with zero attached hydrogens (tertiary/aromatic N) is 3. The van der Waals surface area contributed by atoms with Crippen molar-refractivity contribution in [3.05, 3.63) is 59.2 Å². The third-order valence-electron chi connectivity index (χ3n) is 6.58. The highest BCUT2D eigenvalue weighted by atomic mass is 19.4. The third-order valence-corrected chi connectivity index (χ3v) is 6.58. The summed E-state index contributed by atoms with van der Waals surface area (Å²) in [6, 6.07) is 14.1. The molecule has 0 saturated carbocycles. The highest BCUT2D eigenvalue weighted by Gasteiger charge is 2.35. The van der Waals surface area contributed by atoms with E-state index in [9.17, 15) is 18.3 Å². The lowest BCUT2D eigenvalue weighted by molar-refractivity contribution is -0.137. The Morgan fingerprint density at radius 3 is 2.19 bits per heavy atom. The Kier molecular flexibility index (Phi) is 6.10. The van der Waals surface area contributed by atoms with Crippen molar-refractivity contribution in [3.63, 3.8) is 0 Å². The lowest BCUT2D eigenvalue weighted by Crippen LogP contribution is -2.34. The molecule has 4 nitrogen and oxygen atoms in total. The lowest BCUT2D eigenvalue weighted by Gasteiger charge is -2.33. The second-order valence-corrected chi connectivity index (χ2v) is 8.48. The Morgan fingerprint density at radius 2 is 1.58 bits per heavy atom. The van der Waals surface area contributed by atoms with Gasteiger partial charge in [-0.1, -0.05) is 12.1 Å². The number of benzene rings is 2. The van der Waals surface area contributed by atoms with Crippen molar-refractivity contribution in [2.24, 2.45) is 5.92 Å². The summed E-state index contributed by atoms with van der Waals surface area (Å²) in [6.45, 7) is 3.49. The average molecular weight is 429 g/mol. The molecule has 1 N–H and O–H groups in total. The smallest absolute Gasteiger partial charge is 0.396 e. The number of alkyl halides is 3. The van der Waals surface area contributed by atoms with Crippen LogP contribution in [-0.4, -0.2) is 37.9 Å². The summed E-state index contributed by atoms with van der Waals surface area (Å²) >= 11 is 0. The zero-order valence-electron chi connectivity index (χ0n) is 17.3. The molecule has 2 aliphatic heterocycles. The molecule has 0 aromatic heterocycles. The van der Waals surface area contributed by atoms with Crippen molar-refractivity contribution in [1.29, 1.82) is 5.26 Å². The fourth-order valence-corrected chi connectivity index (χ4v) is 4.66. The first kappa shape index (κ1) is 21.5. The molecule has 2 heterocycles. The number of rotatable bonds is 4. The summed E-state index contributed by atoms with van der Waals surface area (Å²) in [7, 11) is 0. The van der Waals surface area contributed by atoms with Crippen LogP contribution < -0.4 is 9.80 Å². The molecule has 1 atom stereocenters. The normalized spacial score (nSPS) is 20.2. The first-order chi connectivity index (χ1) is 14.9. The number of hydrogen-bond donors (Lipinski definition) is 1. The Balaban J connectivity index is 1.43. The molecule has 164 valence electrons. The van der Waals surface area contributed by atoms with Gasteiger partial charge in [-0.05, 0) is 61.1 Å². The van der Waals surface area contributed by atoms with Crippen LogP contribution in [0, 0.1) is 17.2 Å². The van der Waals surface area contributed by atoms with E-state index in [1.807, 2.05) is 4.90 Å². The maximum Gasteiger partial charge on any atom is 0.417 e. The molecule has 2 saturated heterocycles.